The van der Waals surface area contributed by atoms with Gasteiger partial charge in [-0.25, -0.2) is 0 Å². The molecule has 0 aliphatic carbocycles. The molecule has 78 valence electrons. The van der Waals surface area contributed by atoms with Crippen LogP contribution >= 0.6 is 27.7 Å². The molecule has 1 aromatic rings. The summed E-state index contributed by atoms with van der Waals surface area (Å²) in [6, 6.07) is 6.60. The van der Waals surface area contributed by atoms with Crippen LogP contribution in [0.15, 0.2) is 27.6 Å². The van der Waals surface area contributed by atoms with Gasteiger partial charge in [-0.05, 0) is 55.8 Å². The SMILES string of the molecule is CSc1cc(Br)cc(CCCCN)c1. The average molecular weight is 274 g/mol. The molecule has 1 nitrogen and oxygen atoms in total. The van der Waals surface area contributed by atoms with Crippen LogP contribution in [-0.2, 0) is 6.42 Å². The van der Waals surface area contributed by atoms with Crippen molar-refractivity contribution in [1.29, 1.82) is 0 Å². The van der Waals surface area contributed by atoms with Crippen LogP contribution in [0.25, 0.3) is 0 Å². The number of halogens is 1. The summed E-state index contributed by atoms with van der Waals surface area (Å²) >= 11 is 5.31. The fraction of sp³-hybridized carbons (Fsp3) is 0.455. The first-order valence-corrected chi connectivity index (χ1v) is 6.81. The standard InChI is InChI=1S/C11H16BrNS/c1-14-11-7-9(4-2-3-5-13)6-10(12)8-11/h6-8H,2-5,13H2,1H3. The number of nitrogens with two attached hydrogens (primary N) is 1. The monoisotopic (exact) mass is 273 g/mol. The van der Waals surface area contributed by atoms with Crippen molar-refractivity contribution in [3.8, 4) is 0 Å². The Morgan fingerprint density at radius 1 is 1.29 bits per heavy atom. The van der Waals surface area contributed by atoms with E-state index in [0.29, 0.717) is 0 Å². The molecule has 14 heavy (non-hydrogen) atoms. The maximum absolute atomic E-state index is 5.47. The van der Waals surface area contributed by atoms with Crippen molar-refractivity contribution in [2.24, 2.45) is 5.73 Å². The lowest BCUT2D eigenvalue weighted by atomic mass is 10.1. The van der Waals surface area contributed by atoms with E-state index in [1.54, 1.807) is 11.8 Å². The molecule has 0 saturated heterocycles. The minimum atomic E-state index is 0.795. The van der Waals surface area contributed by atoms with E-state index < -0.39 is 0 Å². The minimum Gasteiger partial charge on any atom is -0.330 e. The lowest BCUT2D eigenvalue weighted by Gasteiger charge is -2.04. The Labute approximate surface area is 98.6 Å². The molecule has 0 atom stereocenters. The zero-order valence-corrected chi connectivity index (χ0v) is 10.8. The van der Waals surface area contributed by atoms with Gasteiger partial charge in [-0.2, -0.15) is 0 Å². The zero-order valence-electron chi connectivity index (χ0n) is 8.42. The van der Waals surface area contributed by atoms with Gasteiger partial charge in [-0.3, -0.25) is 0 Å². The molecule has 0 spiro atoms. The van der Waals surface area contributed by atoms with Crippen LogP contribution in [0.4, 0.5) is 0 Å². The third kappa shape index (κ3) is 4.03. The fourth-order valence-electron chi connectivity index (χ4n) is 1.36. The van der Waals surface area contributed by atoms with Gasteiger partial charge in [-0.15, -0.1) is 11.8 Å². The van der Waals surface area contributed by atoms with E-state index in [9.17, 15) is 0 Å². The van der Waals surface area contributed by atoms with Crippen molar-refractivity contribution < 1.29 is 0 Å². The van der Waals surface area contributed by atoms with Crippen LogP contribution in [0.5, 0.6) is 0 Å². The Kier molecular flexibility index (Phi) is 5.60. The van der Waals surface area contributed by atoms with Gasteiger partial charge in [0.05, 0.1) is 0 Å². The third-order valence-corrected chi connectivity index (χ3v) is 3.25. The molecule has 1 aromatic carbocycles. The zero-order chi connectivity index (χ0) is 10.4. The van der Waals surface area contributed by atoms with Crippen molar-refractivity contribution in [2.45, 2.75) is 24.2 Å². The first-order valence-electron chi connectivity index (χ1n) is 4.80. The quantitative estimate of drug-likeness (QED) is 0.657. The number of thioether (sulfide) groups is 1. The van der Waals surface area contributed by atoms with E-state index in [0.717, 1.165) is 19.4 Å². The highest BCUT2D eigenvalue weighted by atomic mass is 79.9. The van der Waals surface area contributed by atoms with E-state index >= 15 is 0 Å². The van der Waals surface area contributed by atoms with Crippen molar-refractivity contribution in [3.05, 3.63) is 28.2 Å². The minimum absolute atomic E-state index is 0.795. The Morgan fingerprint density at radius 3 is 2.71 bits per heavy atom. The smallest absolute Gasteiger partial charge is 0.0189 e. The summed E-state index contributed by atoms with van der Waals surface area (Å²) in [7, 11) is 0. The van der Waals surface area contributed by atoms with Crippen LogP contribution in [0, 0.1) is 0 Å². The van der Waals surface area contributed by atoms with E-state index in [1.165, 1.54) is 21.4 Å². The number of hydrogen-bond acceptors (Lipinski definition) is 2. The second-order valence-electron chi connectivity index (χ2n) is 3.25. The Balaban J connectivity index is 2.62. The van der Waals surface area contributed by atoms with E-state index in [4.69, 9.17) is 5.73 Å². The van der Waals surface area contributed by atoms with Crippen LogP contribution in [-0.4, -0.2) is 12.8 Å². The van der Waals surface area contributed by atoms with Crippen molar-refractivity contribution in [2.75, 3.05) is 12.8 Å². The highest BCUT2D eigenvalue weighted by Gasteiger charge is 1.98. The number of rotatable bonds is 5. The lowest BCUT2D eigenvalue weighted by Crippen LogP contribution is -1.99. The molecule has 0 saturated carbocycles. The predicted molar refractivity (Wildman–Crippen MR) is 67.9 cm³/mol. The van der Waals surface area contributed by atoms with Crippen molar-refractivity contribution >= 4 is 27.7 Å². The molecule has 0 fully saturated rings. The molecule has 0 aliphatic heterocycles. The highest BCUT2D eigenvalue weighted by Crippen LogP contribution is 2.23. The summed E-state index contributed by atoms with van der Waals surface area (Å²) in [4.78, 5) is 1.32. The van der Waals surface area contributed by atoms with Gasteiger partial charge in [0, 0.05) is 9.37 Å². The van der Waals surface area contributed by atoms with Gasteiger partial charge < -0.3 is 5.73 Å². The van der Waals surface area contributed by atoms with Crippen LogP contribution in [0.1, 0.15) is 18.4 Å². The van der Waals surface area contributed by atoms with Gasteiger partial charge >= 0.3 is 0 Å². The second-order valence-corrected chi connectivity index (χ2v) is 5.04. The number of unbranched alkanes of at least 4 members (excludes halogenated alkanes) is 1. The first kappa shape index (κ1) is 12.1. The topological polar surface area (TPSA) is 26.0 Å². The van der Waals surface area contributed by atoms with Crippen molar-refractivity contribution in [1.82, 2.24) is 0 Å². The lowest BCUT2D eigenvalue weighted by molar-refractivity contribution is 0.743. The summed E-state index contributed by atoms with van der Waals surface area (Å²) in [6.45, 7) is 0.795. The van der Waals surface area contributed by atoms with Crippen molar-refractivity contribution in [3.63, 3.8) is 0 Å². The summed E-state index contributed by atoms with van der Waals surface area (Å²) in [5.74, 6) is 0. The summed E-state index contributed by atoms with van der Waals surface area (Å²) in [6.07, 6.45) is 5.53. The molecule has 0 amide bonds. The molecule has 0 aliphatic rings. The molecular weight excluding hydrogens is 258 g/mol. The van der Waals surface area contributed by atoms with E-state index in [2.05, 4.69) is 40.4 Å². The molecular formula is C11H16BrNS. The van der Waals surface area contributed by atoms with Gasteiger partial charge in [0.2, 0.25) is 0 Å². The Hall–Kier alpha value is 0.01000. The van der Waals surface area contributed by atoms with Gasteiger partial charge in [0.15, 0.2) is 0 Å². The largest absolute Gasteiger partial charge is 0.330 e. The van der Waals surface area contributed by atoms with Gasteiger partial charge in [-0.1, -0.05) is 15.9 Å². The predicted octanol–water partition coefficient (Wildman–Crippen LogP) is 3.45. The maximum Gasteiger partial charge on any atom is 0.0189 e. The van der Waals surface area contributed by atoms with Gasteiger partial charge in [0.1, 0.15) is 0 Å². The summed E-state index contributed by atoms with van der Waals surface area (Å²) in [5, 5.41) is 0. The Bertz CT molecular complexity index is 289. The van der Waals surface area contributed by atoms with Crippen LogP contribution in [0.3, 0.4) is 0 Å². The molecule has 1 rings (SSSR count). The molecule has 2 N–H and O–H groups in total. The molecule has 0 bridgehead atoms. The number of benzene rings is 1. The molecule has 0 unspecified atom stereocenters. The normalized spacial score (nSPS) is 10.5. The molecule has 0 radical (unpaired) electrons. The van der Waals surface area contributed by atoms with E-state index in [-0.39, 0.29) is 0 Å². The molecule has 0 heterocycles. The molecule has 0 aromatic heterocycles. The van der Waals surface area contributed by atoms with Gasteiger partial charge in [0.25, 0.3) is 0 Å². The third-order valence-electron chi connectivity index (χ3n) is 2.09. The average Bonchev–Trinajstić information content (AvgIpc) is 2.17. The first-order chi connectivity index (χ1) is 6.76. The van der Waals surface area contributed by atoms with E-state index in [1.807, 2.05) is 0 Å². The van der Waals surface area contributed by atoms with Crippen LogP contribution in [0.2, 0.25) is 0 Å². The molecule has 3 heteroatoms. The summed E-state index contributed by atoms with van der Waals surface area (Å²) in [5.41, 5.74) is 6.87. The summed E-state index contributed by atoms with van der Waals surface area (Å²) < 4.78 is 1.17. The maximum atomic E-state index is 5.47. The second kappa shape index (κ2) is 6.49. The number of aryl methyl sites for hydroxylation is 1. The fourth-order valence-corrected chi connectivity index (χ4v) is 2.56. The Morgan fingerprint density at radius 2 is 2.07 bits per heavy atom. The highest BCUT2D eigenvalue weighted by molar-refractivity contribution is 9.10. The van der Waals surface area contributed by atoms with Crippen LogP contribution < -0.4 is 5.73 Å². The number of hydrogen-bond donors (Lipinski definition) is 1.